The molecule has 0 saturated carbocycles. The van der Waals surface area contributed by atoms with Crippen LogP contribution in [0, 0.1) is 0 Å². The van der Waals surface area contributed by atoms with Gasteiger partial charge < -0.3 is 15.3 Å². The Kier molecular flexibility index (Phi) is 5.37. The summed E-state index contributed by atoms with van der Waals surface area (Å²) in [6.45, 7) is 2.33. The average Bonchev–Trinajstić information content (AvgIpc) is 2.66. The number of amidine groups is 2. The van der Waals surface area contributed by atoms with E-state index in [1.54, 1.807) is 11.8 Å². The summed E-state index contributed by atoms with van der Waals surface area (Å²) >= 11 is 0. The van der Waals surface area contributed by atoms with Gasteiger partial charge in [-0.15, -0.1) is 0 Å². The summed E-state index contributed by atoms with van der Waals surface area (Å²) in [4.78, 5) is 10.0. The Hall–Kier alpha value is -0.980. The summed E-state index contributed by atoms with van der Waals surface area (Å²) in [5.41, 5.74) is 0. The van der Waals surface area contributed by atoms with E-state index in [2.05, 4.69) is 9.98 Å². The van der Waals surface area contributed by atoms with E-state index >= 15 is 0 Å². The highest BCUT2D eigenvalue weighted by atomic mass is 16.3. The smallest absolute Gasteiger partial charge is 0.130 e. The molecule has 0 aliphatic carbocycles. The molecule has 1 aliphatic rings. The van der Waals surface area contributed by atoms with Crippen LogP contribution in [-0.2, 0) is 0 Å². The fourth-order valence-corrected chi connectivity index (χ4v) is 1.71. The van der Waals surface area contributed by atoms with Crippen molar-refractivity contribution in [3.63, 3.8) is 0 Å². The molecule has 0 aromatic carbocycles. The van der Waals surface area contributed by atoms with Crippen molar-refractivity contribution in [1.82, 2.24) is 4.90 Å². The van der Waals surface area contributed by atoms with Crippen LogP contribution in [0.2, 0.25) is 0 Å². The van der Waals surface area contributed by atoms with Gasteiger partial charge in [-0.1, -0.05) is 0 Å². The molecule has 1 saturated heterocycles. The predicted molar refractivity (Wildman–Crippen MR) is 61.5 cm³/mol. The Morgan fingerprint density at radius 1 is 1.12 bits per heavy atom. The zero-order valence-electron chi connectivity index (χ0n) is 9.50. The molecular formula is C10H19N3O3. The Morgan fingerprint density at radius 3 is 1.88 bits per heavy atom. The van der Waals surface area contributed by atoms with Gasteiger partial charge >= 0.3 is 0 Å². The van der Waals surface area contributed by atoms with Crippen LogP contribution in [0.3, 0.4) is 0 Å². The maximum Gasteiger partial charge on any atom is 0.130 e. The third kappa shape index (κ3) is 3.26. The first kappa shape index (κ1) is 13.1. The molecule has 1 heterocycles. The highest BCUT2D eigenvalue weighted by molar-refractivity contribution is 6.07. The summed E-state index contributed by atoms with van der Waals surface area (Å²) in [6.07, 6.45) is 0.752. The van der Waals surface area contributed by atoms with E-state index < -0.39 is 6.23 Å². The Bertz CT molecular complexity index is 252. The van der Waals surface area contributed by atoms with Crippen LogP contribution >= 0.6 is 0 Å². The molecule has 0 amide bonds. The van der Waals surface area contributed by atoms with Crippen LogP contribution in [0.5, 0.6) is 0 Å². The molecule has 6 nitrogen and oxygen atoms in total. The lowest BCUT2D eigenvalue weighted by Gasteiger charge is -2.23. The van der Waals surface area contributed by atoms with Crippen LogP contribution in [0.15, 0.2) is 9.98 Å². The standard InChI is InChI=1S/C10H19N3O3/c1-8(16)13-9(11-4-6-14)2-3-10(13)12-5-7-15/h8,14-16H,2-7H2,1H3. The zero-order valence-corrected chi connectivity index (χ0v) is 9.50. The van der Waals surface area contributed by atoms with Gasteiger partial charge in [-0.2, -0.15) is 0 Å². The Morgan fingerprint density at radius 2 is 1.56 bits per heavy atom. The quantitative estimate of drug-likeness (QED) is 0.576. The molecule has 0 aromatic heterocycles. The largest absolute Gasteiger partial charge is 0.394 e. The van der Waals surface area contributed by atoms with E-state index in [1.165, 1.54) is 0 Å². The Labute approximate surface area is 95.0 Å². The summed E-state index contributed by atoms with van der Waals surface area (Å²) in [5, 5.41) is 27.0. The molecule has 16 heavy (non-hydrogen) atoms. The zero-order chi connectivity index (χ0) is 12.0. The van der Waals surface area contributed by atoms with Gasteiger partial charge in [0.2, 0.25) is 0 Å². The minimum absolute atomic E-state index is 0.000264. The number of aliphatic imine (C=N–C) groups is 2. The number of likely N-dealkylation sites (tertiary alicyclic amines) is 1. The lowest BCUT2D eigenvalue weighted by Crippen LogP contribution is -2.38. The highest BCUT2D eigenvalue weighted by Crippen LogP contribution is 2.17. The second kappa shape index (κ2) is 6.57. The minimum Gasteiger partial charge on any atom is -0.394 e. The number of rotatable bonds is 5. The topological polar surface area (TPSA) is 88.7 Å². The molecule has 0 bridgehead atoms. The van der Waals surface area contributed by atoms with Gasteiger partial charge in [0, 0.05) is 12.8 Å². The third-order valence-electron chi connectivity index (χ3n) is 2.29. The molecule has 1 unspecified atom stereocenters. The summed E-state index contributed by atoms with van der Waals surface area (Å²) in [6, 6.07) is 0. The summed E-state index contributed by atoms with van der Waals surface area (Å²) in [7, 11) is 0. The monoisotopic (exact) mass is 229 g/mol. The van der Waals surface area contributed by atoms with Crippen molar-refractivity contribution in [1.29, 1.82) is 0 Å². The Balaban J connectivity index is 2.76. The number of aliphatic hydroxyl groups excluding tert-OH is 3. The third-order valence-corrected chi connectivity index (χ3v) is 2.29. The van der Waals surface area contributed by atoms with E-state index in [-0.39, 0.29) is 13.2 Å². The molecule has 0 radical (unpaired) electrons. The molecule has 1 atom stereocenters. The van der Waals surface area contributed by atoms with Crippen LogP contribution in [0.25, 0.3) is 0 Å². The van der Waals surface area contributed by atoms with Gasteiger partial charge in [0.1, 0.15) is 17.9 Å². The molecule has 6 heteroatoms. The first-order valence-electron chi connectivity index (χ1n) is 5.46. The van der Waals surface area contributed by atoms with Crippen molar-refractivity contribution in [3.05, 3.63) is 0 Å². The lowest BCUT2D eigenvalue weighted by molar-refractivity contribution is 0.114. The molecule has 1 fully saturated rings. The molecule has 0 spiro atoms. The maximum absolute atomic E-state index is 9.63. The van der Waals surface area contributed by atoms with Gasteiger partial charge in [-0.3, -0.25) is 14.9 Å². The predicted octanol–water partition coefficient (Wildman–Crippen LogP) is -0.798. The van der Waals surface area contributed by atoms with Crippen molar-refractivity contribution >= 4 is 11.7 Å². The van der Waals surface area contributed by atoms with Crippen LogP contribution < -0.4 is 0 Å². The molecule has 92 valence electrons. The van der Waals surface area contributed by atoms with Crippen molar-refractivity contribution < 1.29 is 15.3 Å². The van der Waals surface area contributed by atoms with Gasteiger partial charge in [-0.05, 0) is 6.92 Å². The molecule has 0 aromatic rings. The van der Waals surface area contributed by atoms with Gasteiger partial charge in [-0.25, -0.2) is 0 Å². The SMILES string of the molecule is CC(O)N1C(=NCCO)CCC1=NCCO. The van der Waals surface area contributed by atoms with Gasteiger partial charge in [0.25, 0.3) is 0 Å². The first-order chi connectivity index (χ1) is 7.70. The number of hydrogen-bond donors (Lipinski definition) is 3. The maximum atomic E-state index is 9.63. The molecule has 3 N–H and O–H groups in total. The lowest BCUT2D eigenvalue weighted by atomic mass is 10.3. The average molecular weight is 229 g/mol. The molecule has 1 aliphatic heterocycles. The van der Waals surface area contributed by atoms with Gasteiger partial charge in [0.15, 0.2) is 0 Å². The fraction of sp³-hybridized carbons (Fsp3) is 0.800. The fourth-order valence-electron chi connectivity index (χ4n) is 1.71. The second-order valence-corrected chi connectivity index (χ2v) is 3.54. The normalized spacial score (nSPS) is 23.4. The van der Waals surface area contributed by atoms with Crippen LogP contribution in [0.1, 0.15) is 19.8 Å². The van der Waals surface area contributed by atoms with Crippen molar-refractivity contribution in [2.45, 2.75) is 26.0 Å². The van der Waals surface area contributed by atoms with Crippen LogP contribution in [-0.4, -0.2) is 64.4 Å². The molecule has 1 rings (SSSR count). The highest BCUT2D eigenvalue weighted by Gasteiger charge is 2.28. The summed E-state index contributed by atoms with van der Waals surface area (Å²) < 4.78 is 0. The second-order valence-electron chi connectivity index (χ2n) is 3.54. The number of aliphatic hydroxyl groups is 3. The van der Waals surface area contributed by atoms with Crippen molar-refractivity contribution in [2.75, 3.05) is 26.3 Å². The van der Waals surface area contributed by atoms with E-state index in [9.17, 15) is 5.11 Å². The molecular weight excluding hydrogens is 210 g/mol. The van der Waals surface area contributed by atoms with E-state index in [4.69, 9.17) is 10.2 Å². The van der Waals surface area contributed by atoms with Crippen molar-refractivity contribution in [2.24, 2.45) is 9.98 Å². The number of nitrogens with zero attached hydrogens (tertiary/aromatic N) is 3. The van der Waals surface area contributed by atoms with Crippen LogP contribution in [0.4, 0.5) is 0 Å². The summed E-state index contributed by atoms with van der Waals surface area (Å²) in [5.74, 6) is 1.50. The van der Waals surface area contributed by atoms with Gasteiger partial charge in [0.05, 0.1) is 26.3 Å². The van der Waals surface area contributed by atoms with E-state index in [1.807, 2.05) is 0 Å². The number of hydrogen-bond acceptors (Lipinski definition) is 5. The first-order valence-corrected chi connectivity index (χ1v) is 5.46. The van der Waals surface area contributed by atoms with Crippen molar-refractivity contribution in [3.8, 4) is 0 Å². The minimum atomic E-state index is -0.683. The van der Waals surface area contributed by atoms with E-state index in [0.717, 1.165) is 24.5 Å². The van der Waals surface area contributed by atoms with E-state index in [0.29, 0.717) is 13.1 Å².